The van der Waals surface area contributed by atoms with Crippen LogP contribution in [-0.2, 0) is 0 Å². The van der Waals surface area contributed by atoms with Gasteiger partial charge in [0.15, 0.2) is 0 Å². The van der Waals surface area contributed by atoms with Crippen LogP contribution in [-0.4, -0.2) is 5.71 Å². The summed E-state index contributed by atoms with van der Waals surface area (Å²) in [5.41, 5.74) is 5.64. The minimum absolute atomic E-state index is 0.871. The van der Waals surface area contributed by atoms with Gasteiger partial charge >= 0.3 is 0 Å². The van der Waals surface area contributed by atoms with Gasteiger partial charge in [0.2, 0.25) is 0 Å². The van der Waals surface area contributed by atoms with Crippen LogP contribution in [0.5, 0.6) is 0 Å². The Kier molecular flexibility index (Phi) is 3.84. The summed E-state index contributed by atoms with van der Waals surface area (Å²) in [4.78, 5) is 4.49. The van der Waals surface area contributed by atoms with Crippen molar-refractivity contribution < 1.29 is 0 Å². The molecule has 80 valence electrons. The lowest BCUT2D eigenvalue weighted by molar-refractivity contribution is 1.25. The summed E-state index contributed by atoms with van der Waals surface area (Å²) in [5.74, 6) is 0. The van der Waals surface area contributed by atoms with Gasteiger partial charge in [-0.1, -0.05) is 31.2 Å². The van der Waals surface area contributed by atoms with E-state index in [1.54, 1.807) is 0 Å². The van der Waals surface area contributed by atoms with Crippen LogP contribution >= 0.6 is 0 Å². The Labute approximate surface area is 92.6 Å². The molecule has 0 N–H and O–H groups in total. The van der Waals surface area contributed by atoms with Gasteiger partial charge in [0.25, 0.3) is 0 Å². The molecular weight excluding hydrogens is 182 g/mol. The highest BCUT2D eigenvalue weighted by Crippen LogP contribution is 2.20. The quantitative estimate of drug-likeness (QED) is 0.652. The van der Waals surface area contributed by atoms with E-state index in [1.807, 2.05) is 6.92 Å². The number of aliphatic imine (C=N–C) groups is 1. The molecule has 0 aromatic heterocycles. The summed E-state index contributed by atoms with van der Waals surface area (Å²) in [7, 11) is 0. The summed E-state index contributed by atoms with van der Waals surface area (Å²) in [6.45, 7) is 12.4. The lowest BCUT2D eigenvalue weighted by Gasteiger charge is -2.07. The minimum Gasteiger partial charge on any atom is -0.258 e. The number of benzene rings is 1. The molecule has 0 spiro atoms. The molecule has 0 amide bonds. The molecule has 0 aliphatic heterocycles. The number of hydrogen-bond donors (Lipinski definition) is 0. The molecule has 0 heterocycles. The van der Waals surface area contributed by atoms with E-state index in [0.29, 0.717) is 0 Å². The highest BCUT2D eigenvalue weighted by atomic mass is 14.7. The van der Waals surface area contributed by atoms with Crippen LogP contribution in [0.1, 0.15) is 37.0 Å². The van der Waals surface area contributed by atoms with E-state index >= 15 is 0 Å². The molecule has 0 fully saturated rings. The van der Waals surface area contributed by atoms with Crippen molar-refractivity contribution in [2.45, 2.75) is 34.1 Å². The molecule has 1 heteroatoms. The fraction of sp³-hybridized carbons (Fsp3) is 0.357. The van der Waals surface area contributed by atoms with Crippen molar-refractivity contribution >= 4 is 11.4 Å². The maximum absolute atomic E-state index is 4.49. The second-order valence-electron chi connectivity index (χ2n) is 3.97. The molecule has 15 heavy (non-hydrogen) atoms. The van der Waals surface area contributed by atoms with Gasteiger partial charge < -0.3 is 0 Å². The van der Waals surface area contributed by atoms with Gasteiger partial charge in [-0.15, -0.1) is 0 Å². The average Bonchev–Trinajstić information content (AvgIpc) is 2.21. The summed E-state index contributed by atoms with van der Waals surface area (Å²) >= 11 is 0. The minimum atomic E-state index is 0.871. The van der Waals surface area contributed by atoms with Crippen molar-refractivity contribution in [2.24, 2.45) is 4.99 Å². The third-order valence-corrected chi connectivity index (χ3v) is 2.54. The van der Waals surface area contributed by atoms with Gasteiger partial charge in [-0.05, 0) is 38.8 Å². The first-order chi connectivity index (χ1) is 7.04. The average molecular weight is 201 g/mol. The van der Waals surface area contributed by atoms with Crippen molar-refractivity contribution in [2.75, 3.05) is 0 Å². The summed E-state index contributed by atoms with van der Waals surface area (Å²) in [6, 6.07) is 6.37. The highest BCUT2D eigenvalue weighted by molar-refractivity contribution is 5.87. The molecular formula is C14H19N. The molecule has 0 aliphatic rings. The number of aryl methyl sites for hydroxylation is 2. The van der Waals surface area contributed by atoms with E-state index < -0.39 is 0 Å². The monoisotopic (exact) mass is 201 g/mol. The van der Waals surface area contributed by atoms with Crippen molar-refractivity contribution in [3.05, 3.63) is 41.5 Å². The Morgan fingerprint density at radius 2 is 2.00 bits per heavy atom. The van der Waals surface area contributed by atoms with Crippen LogP contribution in [0.4, 0.5) is 0 Å². The van der Waals surface area contributed by atoms with Gasteiger partial charge in [0.1, 0.15) is 0 Å². The van der Waals surface area contributed by atoms with Gasteiger partial charge in [0.05, 0.1) is 5.70 Å². The van der Waals surface area contributed by atoms with Crippen LogP contribution < -0.4 is 0 Å². The Morgan fingerprint density at radius 3 is 2.60 bits per heavy atom. The van der Waals surface area contributed by atoms with Crippen LogP contribution in [0, 0.1) is 13.8 Å². The number of nitrogens with zero attached hydrogens (tertiary/aromatic N) is 1. The summed E-state index contributed by atoms with van der Waals surface area (Å²) in [5, 5.41) is 0. The molecule has 0 bridgehead atoms. The smallest absolute Gasteiger partial charge is 0.0632 e. The van der Waals surface area contributed by atoms with Crippen molar-refractivity contribution in [3.8, 4) is 0 Å². The summed E-state index contributed by atoms with van der Waals surface area (Å²) in [6.07, 6.45) is 0.976. The van der Waals surface area contributed by atoms with E-state index in [-0.39, 0.29) is 0 Å². The molecule has 0 saturated carbocycles. The van der Waals surface area contributed by atoms with E-state index in [4.69, 9.17) is 0 Å². The maximum Gasteiger partial charge on any atom is 0.0632 e. The fourth-order valence-electron chi connectivity index (χ4n) is 1.42. The molecule has 1 aromatic rings. The van der Waals surface area contributed by atoms with E-state index in [2.05, 4.69) is 50.5 Å². The maximum atomic E-state index is 4.49. The van der Waals surface area contributed by atoms with Gasteiger partial charge in [0, 0.05) is 11.3 Å². The van der Waals surface area contributed by atoms with E-state index in [1.165, 1.54) is 11.1 Å². The fourth-order valence-corrected chi connectivity index (χ4v) is 1.42. The predicted octanol–water partition coefficient (Wildman–Crippen LogP) is 4.15. The van der Waals surface area contributed by atoms with Crippen LogP contribution in [0.2, 0.25) is 0 Å². The first kappa shape index (κ1) is 11.7. The normalized spacial score (nSPS) is 11.6. The standard InChI is InChI=1S/C14H19N/c1-6-12(4)15-13(5)14-9-10(2)7-8-11(14)3/h7-9H,5-6H2,1-4H3. The Bertz CT molecular complexity index is 400. The molecule has 0 atom stereocenters. The molecule has 1 aromatic carbocycles. The Morgan fingerprint density at radius 1 is 1.33 bits per heavy atom. The third-order valence-electron chi connectivity index (χ3n) is 2.54. The Balaban J connectivity index is 3.06. The lowest BCUT2D eigenvalue weighted by Crippen LogP contribution is -1.92. The zero-order chi connectivity index (χ0) is 11.4. The lowest BCUT2D eigenvalue weighted by atomic mass is 10.0. The van der Waals surface area contributed by atoms with E-state index in [0.717, 1.165) is 23.4 Å². The second-order valence-corrected chi connectivity index (χ2v) is 3.97. The first-order valence-electron chi connectivity index (χ1n) is 5.35. The van der Waals surface area contributed by atoms with Crippen molar-refractivity contribution in [1.82, 2.24) is 0 Å². The van der Waals surface area contributed by atoms with E-state index in [9.17, 15) is 0 Å². The van der Waals surface area contributed by atoms with Crippen molar-refractivity contribution in [1.29, 1.82) is 0 Å². The highest BCUT2D eigenvalue weighted by Gasteiger charge is 2.02. The Hall–Kier alpha value is -1.37. The van der Waals surface area contributed by atoms with Crippen LogP contribution in [0.15, 0.2) is 29.8 Å². The number of hydrogen-bond acceptors (Lipinski definition) is 1. The second kappa shape index (κ2) is 4.92. The van der Waals surface area contributed by atoms with Gasteiger partial charge in [-0.25, -0.2) is 0 Å². The molecule has 1 nitrogen and oxygen atoms in total. The third kappa shape index (κ3) is 3.05. The molecule has 1 rings (SSSR count). The predicted molar refractivity (Wildman–Crippen MR) is 68.4 cm³/mol. The molecule has 0 unspecified atom stereocenters. The summed E-state index contributed by atoms with van der Waals surface area (Å²) < 4.78 is 0. The zero-order valence-corrected chi connectivity index (χ0v) is 10.1. The topological polar surface area (TPSA) is 12.4 Å². The molecule has 0 radical (unpaired) electrons. The van der Waals surface area contributed by atoms with Crippen LogP contribution in [0.25, 0.3) is 5.70 Å². The molecule has 0 saturated heterocycles. The van der Waals surface area contributed by atoms with Gasteiger partial charge in [-0.2, -0.15) is 0 Å². The number of rotatable bonds is 3. The zero-order valence-electron chi connectivity index (χ0n) is 10.1. The van der Waals surface area contributed by atoms with Crippen LogP contribution in [0.3, 0.4) is 0 Å². The van der Waals surface area contributed by atoms with Gasteiger partial charge in [-0.3, -0.25) is 4.99 Å². The molecule has 0 aliphatic carbocycles. The largest absolute Gasteiger partial charge is 0.258 e. The first-order valence-corrected chi connectivity index (χ1v) is 5.35. The van der Waals surface area contributed by atoms with Crippen molar-refractivity contribution in [3.63, 3.8) is 0 Å². The SMILES string of the molecule is C=C(N=C(C)CC)c1cc(C)ccc1C.